The van der Waals surface area contributed by atoms with Crippen molar-refractivity contribution in [1.29, 1.82) is 0 Å². The lowest BCUT2D eigenvalue weighted by atomic mass is 9.99. The lowest BCUT2D eigenvalue weighted by Crippen LogP contribution is -2.47. The Kier molecular flexibility index (Phi) is 7.37. The lowest BCUT2D eigenvalue weighted by molar-refractivity contribution is -0.138. The fraction of sp³-hybridized carbons (Fsp3) is 0.375. The number of rotatable bonds is 6. The first-order valence-electron chi connectivity index (χ1n) is 7.25. The fourth-order valence-electron chi connectivity index (χ4n) is 1.78. The van der Waals surface area contributed by atoms with E-state index in [2.05, 4.69) is 14.8 Å². The Balaban J connectivity index is 3.11. The van der Waals surface area contributed by atoms with E-state index in [0.29, 0.717) is 6.42 Å². The zero-order chi connectivity index (χ0) is 20.0. The number of esters is 1. The quantitative estimate of drug-likeness (QED) is 0.206. The number of hydrogen-bond donors (Lipinski definition) is 1. The fourth-order valence-corrected chi connectivity index (χ4v) is 1.78. The molecule has 0 aliphatic carbocycles. The van der Waals surface area contributed by atoms with Gasteiger partial charge in [0.1, 0.15) is 6.04 Å². The molecular formula is C16H14F5NO4. The van der Waals surface area contributed by atoms with Gasteiger partial charge in [0.05, 0.1) is 0 Å². The molecule has 1 rings (SSSR count). The average molecular weight is 379 g/mol. The van der Waals surface area contributed by atoms with Gasteiger partial charge in [0.25, 0.3) is 0 Å². The van der Waals surface area contributed by atoms with Crippen LogP contribution in [0.4, 0.5) is 26.7 Å². The second-order valence-electron chi connectivity index (χ2n) is 5.11. The summed E-state index contributed by atoms with van der Waals surface area (Å²) in [5.41, 5.74) is 0. The molecule has 0 spiro atoms. The van der Waals surface area contributed by atoms with Gasteiger partial charge >= 0.3 is 12.1 Å². The monoisotopic (exact) mass is 379 g/mol. The molecule has 10 heteroatoms. The van der Waals surface area contributed by atoms with Gasteiger partial charge in [0.2, 0.25) is 34.8 Å². The summed E-state index contributed by atoms with van der Waals surface area (Å²) in [6, 6.07) is -1.49. The largest absolute Gasteiger partial charge is 0.436 e. The SMILES string of the molecule is C#CCOC(=O)N[C@H](C(=O)Oc1c(F)c(F)c(F)c(F)c1F)[C@@H](C)CC. The molecule has 142 valence electrons. The number of benzene rings is 1. The van der Waals surface area contributed by atoms with E-state index in [-0.39, 0.29) is 0 Å². The van der Waals surface area contributed by atoms with Crippen molar-refractivity contribution in [2.24, 2.45) is 5.92 Å². The third kappa shape index (κ3) is 4.62. The van der Waals surface area contributed by atoms with Gasteiger partial charge in [-0.05, 0) is 5.92 Å². The highest BCUT2D eigenvalue weighted by molar-refractivity contribution is 5.83. The topological polar surface area (TPSA) is 64.6 Å². The van der Waals surface area contributed by atoms with Gasteiger partial charge in [0, 0.05) is 0 Å². The van der Waals surface area contributed by atoms with E-state index in [1.54, 1.807) is 6.92 Å². The van der Waals surface area contributed by atoms with Gasteiger partial charge in [-0.25, -0.2) is 22.8 Å². The van der Waals surface area contributed by atoms with Crippen molar-refractivity contribution in [2.45, 2.75) is 26.3 Å². The van der Waals surface area contributed by atoms with Crippen LogP contribution >= 0.6 is 0 Å². The van der Waals surface area contributed by atoms with E-state index in [9.17, 15) is 31.5 Å². The maximum Gasteiger partial charge on any atom is 0.408 e. The van der Waals surface area contributed by atoms with Crippen molar-refractivity contribution in [3.8, 4) is 18.1 Å². The van der Waals surface area contributed by atoms with Gasteiger partial charge < -0.3 is 14.8 Å². The molecule has 0 radical (unpaired) electrons. The van der Waals surface area contributed by atoms with Crippen LogP contribution in [0.15, 0.2) is 0 Å². The molecular weight excluding hydrogens is 365 g/mol. The zero-order valence-electron chi connectivity index (χ0n) is 13.7. The first kappa shape index (κ1) is 21.2. The van der Waals surface area contributed by atoms with E-state index in [1.165, 1.54) is 6.92 Å². The summed E-state index contributed by atoms with van der Waals surface area (Å²) in [5, 5.41) is 2.06. The van der Waals surface area contributed by atoms with E-state index in [1.807, 2.05) is 5.92 Å². The minimum atomic E-state index is -2.39. The molecule has 0 saturated carbocycles. The normalized spacial score (nSPS) is 12.7. The molecule has 0 aromatic heterocycles. The number of terminal acetylenes is 1. The molecule has 0 aliphatic heterocycles. The van der Waals surface area contributed by atoms with Gasteiger partial charge in [0.15, 0.2) is 6.61 Å². The van der Waals surface area contributed by atoms with Gasteiger partial charge in [-0.3, -0.25) is 0 Å². The van der Waals surface area contributed by atoms with Gasteiger partial charge in [-0.1, -0.05) is 26.2 Å². The molecule has 1 aromatic carbocycles. The van der Waals surface area contributed by atoms with Crippen molar-refractivity contribution in [1.82, 2.24) is 5.32 Å². The summed E-state index contributed by atoms with van der Waals surface area (Å²) in [6.07, 6.45) is 4.07. The Hall–Kier alpha value is -2.83. The van der Waals surface area contributed by atoms with Gasteiger partial charge in [-0.2, -0.15) is 8.78 Å². The number of ether oxygens (including phenoxy) is 2. The standard InChI is InChI=1S/C16H14F5NO4/c1-4-6-25-16(24)22-13(7(3)5-2)15(23)26-14-11(20)9(18)8(17)10(19)12(14)21/h1,7,13H,5-6H2,2-3H3,(H,22,24)/t7-,13-/m0/s1. The molecule has 1 amide bonds. The van der Waals surface area contributed by atoms with E-state index < -0.39 is 65.5 Å². The predicted molar refractivity (Wildman–Crippen MR) is 78.4 cm³/mol. The summed E-state index contributed by atoms with van der Waals surface area (Å²) in [5.74, 6) is -13.4. The van der Waals surface area contributed by atoms with Gasteiger partial charge in [-0.15, -0.1) is 6.42 Å². The Morgan fingerprint density at radius 2 is 1.58 bits per heavy atom. The highest BCUT2D eigenvalue weighted by atomic mass is 19.2. The number of hydrogen-bond acceptors (Lipinski definition) is 4. The van der Waals surface area contributed by atoms with Crippen molar-refractivity contribution in [3.63, 3.8) is 0 Å². The second kappa shape index (κ2) is 9.03. The summed E-state index contributed by atoms with van der Waals surface area (Å²) < 4.78 is 75.4. The van der Waals surface area contributed by atoms with Crippen LogP contribution in [0.1, 0.15) is 20.3 Å². The predicted octanol–water partition coefficient (Wildman–Crippen LogP) is 3.06. The Bertz CT molecular complexity index is 718. The maximum atomic E-state index is 13.6. The van der Waals surface area contributed by atoms with Crippen LogP contribution < -0.4 is 10.1 Å². The highest BCUT2D eigenvalue weighted by Gasteiger charge is 2.33. The number of carbonyl (C=O) groups is 2. The summed E-state index contributed by atoms with van der Waals surface area (Å²) >= 11 is 0. The van der Waals surface area contributed by atoms with Crippen molar-refractivity contribution in [2.75, 3.05) is 6.61 Å². The van der Waals surface area contributed by atoms with Crippen LogP contribution in [0.5, 0.6) is 5.75 Å². The number of carbonyl (C=O) groups excluding carboxylic acids is 2. The third-order valence-corrected chi connectivity index (χ3v) is 3.40. The Labute approximate surface area is 145 Å². The molecule has 1 aromatic rings. The molecule has 2 atom stereocenters. The van der Waals surface area contributed by atoms with Crippen LogP contribution in [0.3, 0.4) is 0 Å². The zero-order valence-corrected chi connectivity index (χ0v) is 13.7. The second-order valence-corrected chi connectivity index (χ2v) is 5.11. The molecule has 0 bridgehead atoms. The highest BCUT2D eigenvalue weighted by Crippen LogP contribution is 2.29. The van der Waals surface area contributed by atoms with E-state index in [0.717, 1.165) is 0 Å². The van der Waals surface area contributed by atoms with Crippen LogP contribution in [-0.2, 0) is 9.53 Å². The Morgan fingerprint density at radius 1 is 1.08 bits per heavy atom. The van der Waals surface area contributed by atoms with Crippen molar-refractivity contribution in [3.05, 3.63) is 29.1 Å². The molecule has 0 aliphatic rings. The van der Waals surface area contributed by atoms with Crippen LogP contribution in [0.2, 0.25) is 0 Å². The number of amides is 1. The van der Waals surface area contributed by atoms with E-state index >= 15 is 0 Å². The van der Waals surface area contributed by atoms with Crippen molar-refractivity contribution >= 4 is 12.1 Å². The smallest absolute Gasteiger partial charge is 0.408 e. The molecule has 5 nitrogen and oxygen atoms in total. The Morgan fingerprint density at radius 3 is 2.04 bits per heavy atom. The summed E-state index contributed by atoms with van der Waals surface area (Å²) in [4.78, 5) is 23.7. The maximum absolute atomic E-state index is 13.6. The minimum Gasteiger partial charge on any atom is -0.436 e. The summed E-state index contributed by atoms with van der Waals surface area (Å²) in [7, 11) is 0. The molecule has 0 saturated heterocycles. The number of halogens is 5. The van der Waals surface area contributed by atoms with Crippen molar-refractivity contribution < 1.29 is 41.0 Å². The number of alkyl carbamates (subject to hydrolysis) is 1. The average Bonchev–Trinajstić information content (AvgIpc) is 2.63. The van der Waals surface area contributed by atoms with Crippen LogP contribution in [-0.4, -0.2) is 24.7 Å². The molecule has 0 fully saturated rings. The molecule has 26 heavy (non-hydrogen) atoms. The lowest BCUT2D eigenvalue weighted by Gasteiger charge is -2.22. The molecule has 0 unspecified atom stereocenters. The van der Waals surface area contributed by atoms with Crippen LogP contribution in [0.25, 0.3) is 0 Å². The molecule has 1 N–H and O–H groups in total. The first-order chi connectivity index (χ1) is 12.1. The molecule has 0 heterocycles. The first-order valence-corrected chi connectivity index (χ1v) is 7.25. The van der Waals surface area contributed by atoms with E-state index in [4.69, 9.17) is 6.42 Å². The number of nitrogens with one attached hydrogen (secondary N) is 1. The van der Waals surface area contributed by atoms with Crippen LogP contribution in [0, 0.1) is 47.3 Å². The minimum absolute atomic E-state index is 0.298. The third-order valence-electron chi connectivity index (χ3n) is 3.40. The summed E-state index contributed by atoms with van der Waals surface area (Å²) in [6.45, 7) is 2.69.